The lowest BCUT2D eigenvalue weighted by atomic mass is 9.99. The molecule has 0 radical (unpaired) electrons. The van der Waals surface area contributed by atoms with E-state index < -0.39 is 12.0 Å². The van der Waals surface area contributed by atoms with E-state index in [1.807, 2.05) is 18.2 Å². The average Bonchev–Trinajstić information content (AvgIpc) is 2.55. The van der Waals surface area contributed by atoms with Crippen LogP contribution in [0, 0.1) is 5.92 Å². The molecule has 0 heterocycles. The number of hydrogen-bond donors (Lipinski definition) is 2. The molecule has 1 rings (SSSR count). The second kappa shape index (κ2) is 11.2. The number of amides is 1. The molecule has 5 nitrogen and oxygen atoms in total. The van der Waals surface area contributed by atoms with Crippen molar-refractivity contribution in [2.24, 2.45) is 5.92 Å². The molecule has 1 aromatic carbocycles. The van der Waals surface area contributed by atoms with Gasteiger partial charge in [-0.2, -0.15) is 0 Å². The van der Waals surface area contributed by atoms with Crippen molar-refractivity contribution >= 4 is 33.5 Å². The molecular formula is C18H27BrN2O3. The molecule has 0 bridgehead atoms. The number of aliphatic carboxylic acids is 1. The fourth-order valence-corrected chi connectivity index (χ4v) is 2.95. The van der Waals surface area contributed by atoms with Gasteiger partial charge < -0.3 is 20.5 Å². The summed E-state index contributed by atoms with van der Waals surface area (Å²) in [7, 11) is 0. The maximum absolute atomic E-state index is 12.1. The lowest BCUT2D eigenvalue weighted by Gasteiger charge is -2.20. The number of carbonyl (C=O) groups is 2. The third-order valence-electron chi connectivity index (χ3n) is 4.15. The Balaban J connectivity index is 2.54. The number of halogens is 1. The van der Waals surface area contributed by atoms with Gasteiger partial charge in [0.25, 0.3) is 0 Å². The minimum atomic E-state index is -1.19. The first-order valence-electron chi connectivity index (χ1n) is 8.56. The molecular weight excluding hydrogens is 372 g/mol. The van der Waals surface area contributed by atoms with Gasteiger partial charge in [0.15, 0.2) is 0 Å². The number of nitrogens with two attached hydrogens (primary N) is 1. The maximum atomic E-state index is 12.1. The summed E-state index contributed by atoms with van der Waals surface area (Å²) < 4.78 is 0.762. The molecule has 134 valence electrons. The number of unbranched alkanes of at least 4 members (excludes halogenated alkanes) is 1. The highest BCUT2D eigenvalue weighted by Crippen LogP contribution is 2.21. The monoisotopic (exact) mass is 398 g/mol. The number of para-hydroxylation sites is 1. The third kappa shape index (κ3) is 7.45. The molecule has 0 aromatic heterocycles. The lowest BCUT2D eigenvalue weighted by molar-refractivity contribution is -0.687. The summed E-state index contributed by atoms with van der Waals surface area (Å²) in [6.45, 7) is 4.96. The SMILES string of the molecule is CCCC[C@H](CC)C[NH2+][C@H](CC(=O)Nc1ccccc1Br)C(=O)[O-]. The van der Waals surface area contributed by atoms with Gasteiger partial charge >= 0.3 is 0 Å². The number of carboxylic acids is 1. The Morgan fingerprint density at radius 2 is 2.00 bits per heavy atom. The zero-order valence-electron chi connectivity index (χ0n) is 14.4. The Hall–Kier alpha value is -1.40. The highest BCUT2D eigenvalue weighted by molar-refractivity contribution is 9.10. The highest BCUT2D eigenvalue weighted by atomic mass is 79.9. The van der Waals surface area contributed by atoms with Gasteiger partial charge in [-0.05, 0) is 40.9 Å². The van der Waals surface area contributed by atoms with Crippen LogP contribution in [-0.4, -0.2) is 24.5 Å². The van der Waals surface area contributed by atoms with Gasteiger partial charge in [0.2, 0.25) is 5.91 Å². The molecule has 0 fully saturated rings. The fraction of sp³-hybridized carbons (Fsp3) is 0.556. The van der Waals surface area contributed by atoms with Crippen molar-refractivity contribution in [2.75, 3.05) is 11.9 Å². The standard InChI is InChI=1S/C18H27BrN2O3/c1-3-5-8-13(4-2)12-20-16(18(23)24)11-17(22)21-15-10-7-6-9-14(15)19/h6-7,9-10,13,16,20H,3-5,8,11-12H2,1-2H3,(H,21,22)(H,23,24)/t13-,16+/m0/s1. The van der Waals surface area contributed by atoms with Crippen molar-refractivity contribution < 1.29 is 20.0 Å². The average molecular weight is 399 g/mol. The van der Waals surface area contributed by atoms with Crippen molar-refractivity contribution in [3.63, 3.8) is 0 Å². The van der Waals surface area contributed by atoms with Crippen LogP contribution in [0.15, 0.2) is 28.7 Å². The second-order valence-electron chi connectivity index (χ2n) is 6.05. The number of anilines is 1. The van der Waals surface area contributed by atoms with E-state index in [0.717, 1.165) is 30.2 Å². The van der Waals surface area contributed by atoms with Crippen LogP contribution in [-0.2, 0) is 9.59 Å². The molecule has 0 spiro atoms. The largest absolute Gasteiger partial charge is 0.544 e. The van der Waals surface area contributed by atoms with E-state index in [2.05, 4.69) is 35.1 Å². The van der Waals surface area contributed by atoms with Crippen LogP contribution in [0.3, 0.4) is 0 Å². The summed E-state index contributed by atoms with van der Waals surface area (Å²) in [6, 6.07) is 6.37. The summed E-state index contributed by atoms with van der Waals surface area (Å²) in [4.78, 5) is 23.5. The van der Waals surface area contributed by atoms with Crippen LogP contribution in [0.4, 0.5) is 5.69 Å². The van der Waals surface area contributed by atoms with E-state index in [-0.39, 0.29) is 12.3 Å². The Morgan fingerprint density at radius 3 is 2.58 bits per heavy atom. The summed E-state index contributed by atoms with van der Waals surface area (Å²) in [5.74, 6) is -1.05. The summed E-state index contributed by atoms with van der Waals surface area (Å²) in [5.41, 5.74) is 0.633. The van der Waals surface area contributed by atoms with Gasteiger partial charge in [0.1, 0.15) is 6.04 Å². The zero-order chi connectivity index (χ0) is 17.9. The first-order valence-corrected chi connectivity index (χ1v) is 9.35. The van der Waals surface area contributed by atoms with Crippen molar-refractivity contribution in [2.45, 2.75) is 52.0 Å². The van der Waals surface area contributed by atoms with Gasteiger partial charge in [0, 0.05) is 10.4 Å². The van der Waals surface area contributed by atoms with Crippen molar-refractivity contribution in [1.82, 2.24) is 0 Å². The predicted molar refractivity (Wildman–Crippen MR) is 96.3 cm³/mol. The predicted octanol–water partition coefficient (Wildman–Crippen LogP) is 1.68. The van der Waals surface area contributed by atoms with Crippen LogP contribution in [0.5, 0.6) is 0 Å². The Morgan fingerprint density at radius 1 is 1.29 bits per heavy atom. The molecule has 1 aromatic rings. The highest BCUT2D eigenvalue weighted by Gasteiger charge is 2.20. The zero-order valence-corrected chi connectivity index (χ0v) is 16.0. The minimum Gasteiger partial charge on any atom is -0.544 e. The van der Waals surface area contributed by atoms with Crippen LogP contribution in [0.25, 0.3) is 0 Å². The molecule has 0 saturated heterocycles. The number of hydrogen-bond acceptors (Lipinski definition) is 3. The van der Waals surface area contributed by atoms with Gasteiger partial charge in [-0.1, -0.05) is 38.8 Å². The van der Waals surface area contributed by atoms with Crippen molar-refractivity contribution in [3.8, 4) is 0 Å². The normalized spacial score (nSPS) is 13.3. The number of rotatable bonds is 11. The Kier molecular flexibility index (Phi) is 9.64. The topological polar surface area (TPSA) is 85.8 Å². The number of carbonyl (C=O) groups excluding carboxylic acids is 2. The maximum Gasteiger partial charge on any atom is 0.230 e. The smallest absolute Gasteiger partial charge is 0.230 e. The van der Waals surface area contributed by atoms with E-state index in [0.29, 0.717) is 18.2 Å². The van der Waals surface area contributed by atoms with Crippen LogP contribution >= 0.6 is 15.9 Å². The summed E-state index contributed by atoms with van der Waals surface area (Å²) in [5, 5.41) is 15.8. The molecule has 0 unspecified atom stereocenters. The molecule has 24 heavy (non-hydrogen) atoms. The van der Waals surface area contributed by atoms with Gasteiger partial charge in [0.05, 0.1) is 24.6 Å². The number of benzene rings is 1. The van der Waals surface area contributed by atoms with E-state index in [4.69, 9.17) is 0 Å². The summed E-state index contributed by atoms with van der Waals surface area (Å²) >= 11 is 3.35. The number of quaternary nitrogens is 1. The minimum absolute atomic E-state index is 0.103. The van der Waals surface area contributed by atoms with Gasteiger partial charge in [-0.15, -0.1) is 0 Å². The second-order valence-corrected chi connectivity index (χ2v) is 6.90. The van der Waals surface area contributed by atoms with Crippen molar-refractivity contribution in [3.05, 3.63) is 28.7 Å². The van der Waals surface area contributed by atoms with Gasteiger partial charge in [-0.3, -0.25) is 4.79 Å². The summed E-state index contributed by atoms with van der Waals surface area (Å²) in [6.07, 6.45) is 4.28. The molecule has 3 N–H and O–H groups in total. The number of carboxylic acid groups (broad SMARTS) is 1. The number of nitrogens with one attached hydrogen (secondary N) is 1. The van der Waals surface area contributed by atoms with Crippen molar-refractivity contribution in [1.29, 1.82) is 0 Å². The first-order chi connectivity index (χ1) is 11.5. The molecule has 0 aliphatic heterocycles. The van der Waals surface area contributed by atoms with Gasteiger partial charge in [-0.25, -0.2) is 0 Å². The van der Waals surface area contributed by atoms with Crippen LogP contribution in [0.1, 0.15) is 46.0 Å². The quantitative estimate of drug-likeness (QED) is 0.594. The molecule has 0 saturated carbocycles. The molecule has 1 amide bonds. The molecule has 2 atom stereocenters. The fourth-order valence-electron chi connectivity index (χ4n) is 2.56. The van der Waals surface area contributed by atoms with Crippen LogP contribution in [0.2, 0.25) is 0 Å². The van der Waals surface area contributed by atoms with E-state index in [1.54, 1.807) is 11.4 Å². The molecule has 0 aliphatic rings. The molecule has 6 heteroatoms. The first kappa shape index (κ1) is 20.6. The third-order valence-corrected chi connectivity index (χ3v) is 4.84. The molecule has 0 aliphatic carbocycles. The van der Waals surface area contributed by atoms with E-state index in [9.17, 15) is 14.7 Å². The van der Waals surface area contributed by atoms with E-state index >= 15 is 0 Å². The Labute approximate surface area is 152 Å². The van der Waals surface area contributed by atoms with Crippen LogP contribution < -0.4 is 15.7 Å². The Bertz CT molecular complexity index is 537. The van der Waals surface area contributed by atoms with E-state index in [1.165, 1.54) is 0 Å². The lowest BCUT2D eigenvalue weighted by Crippen LogP contribution is -2.94.